The number of likely N-dealkylation sites (tertiary alicyclic amines) is 1. The van der Waals surface area contributed by atoms with Gasteiger partial charge in [-0.2, -0.15) is 0 Å². The molecule has 3 nitrogen and oxygen atoms in total. The van der Waals surface area contributed by atoms with Crippen molar-refractivity contribution >= 4 is 17.5 Å². The Kier molecular flexibility index (Phi) is 4.77. The van der Waals surface area contributed by atoms with Crippen LogP contribution in [0.1, 0.15) is 30.1 Å². The lowest BCUT2D eigenvalue weighted by Gasteiger charge is -2.23. The molecule has 1 aliphatic rings. The molecule has 0 radical (unpaired) electrons. The van der Waals surface area contributed by atoms with Crippen molar-refractivity contribution in [3.05, 3.63) is 34.6 Å². The SMILES string of the molecule is C[C@@H](CNC(=O)c1cc(Cl)ccc1F)N1CCCC1. The molecule has 1 amide bonds. The molecule has 0 unspecified atom stereocenters. The number of hydrogen-bond donors (Lipinski definition) is 1. The van der Waals surface area contributed by atoms with Gasteiger partial charge in [0.25, 0.3) is 5.91 Å². The highest BCUT2D eigenvalue weighted by atomic mass is 35.5. The van der Waals surface area contributed by atoms with Gasteiger partial charge in [0.1, 0.15) is 5.82 Å². The molecule has 1 N–H and O–H groups in total. The summed E-state index contributed by atoms with van der Waals surface area (Å²) in [5.74, 6) is -0.957. The molecule has 5 heteroatoms. The molecule has 1 heterocycles. The van der Waals surface area contributed by atoms with Gasteiger partial charge in [-0.15, -0.1) is 0 Å². The Morgan fingerprint density at radius 1 is 1.47 bits per heavy atom. The van der Waals surface area contributed by atoms with E-state index >= 15 is 0 Å². The normalized spacial score (nSPS) is 17.4. The van der Waals surface area contributed by atoms with Gasteiger partial charge in [-0.1, -0.05) is 11.6 Å². The molecule has 0 aromatic heterocycles. The minimum absolute atomic E-state index is 0.00104. The van der Waals surface area contributed by atoms with Crippen LogP contribution >= 0.6 is 11.6 Å². The van der Waals surface area contributed by atoms with Gasteiger partial charge in [0, 0.05) is 17.6 Å². The maximum atomic E-state index is 13.5. The summed E-state index contributed by atoms with van der Waals surface area (Å²) in [6.45, 7) is 4.73. The zero-order chi connectivity index (χ0) is 13.8. The van der Waals surface area contributed by atoms with Gasteiger partial charge in [0.15, 0.2) is 0 Å². The van der Waals surface area contributed by atoms with Crippen LogP contribution < -0.4 is 5.32 Å². The third-order valence-electron chi connectivity index (χ3n) is 3.50. The first-order valence-electron chi connectivity index (χ1n) is 6.55. The average Bonchev–Trinajstić information content (AvgIpc) is 2.92. The molecule has 0 saturated carbocycles. The molecular formula is C14H18ClFN2O. The molecule has 19 heavy (non-hydrogen) atoms. The molecule has 0 bridgehead atoms. The zero-order valence-electron chi connectivity index (χ0n) is 11.0. The number of halogens is 2. The Labute approximate surface area is 117 Å². The van der Waals surface area contributed by atoms with Crippen LogP contribution in [0.4, 0.5) is 4.39 Å². The molecule has 1 aliphatic heterocycles. The second-order valence-corrected chi connectivity index (χ2v) is 5.36. The van der Waals surface area contributed by atoms with Crippen molar-refractivity contribution in [2.24, 2.45) is 0 Å². The Bertz CT molecular complexity index is 461. The number of carbonyl (C=O) groups is 1. The standard InChI is InChI=1S/C14H18ClFN2O/c1-10(18-6-2-3-7-18)9-17-14(19)12-8-11(15)4-5-13(12)16/h4-5,8,10H,2-3,6-7,9H2,1H3,(H,17,19)/t10-/m0/s1. The average molecular weight is 285 g/mol. The van der Waals surface area contributed by atoms with Crippen molar-refractivity contribution < 1.29 is 9.18 Å². The lowest BCUT2D eigenvalue weighted by atomic mass is 10.2. The third-order valence-corrected chi connectivity index (χ3v) is 3.73. The smallest absolute Gasteiger partial charge is 0.254 e. The van der Waals surface area contributed by atoms with Crippen LogP contribution in [0, 0.1) is 5.82 Å². The Hall–Kier alpha value is -1.13. The van der Waals surface area contributed by atoms with Crippen molar-refractivity contribution in [3.8, 4) is 0 Å². The fraction of sp³-hybridized carbons (Fsp3) is 0.500. The van der Waals surface area contributed by atoms with Crippen LogP contribution in [0.25, 0.3) is 0 Å². The summed E-state index contributed by atoms with van der Waals surface area (Å²) in [5.41, 5.74) is 0.00104. The first kappa shape index (κ1) is 14.3. The second kappa shape index (κ2) is 6.35. The van der Waals surface area contributed by atoms with Crippen LogP contribution in [-0.4, -0.2) is 36.5 Å². The summed E-state index contributed by atoms with van der Waals surface area (Å²) < 4.78 is 13.5. The predicted octanol–water partition coefficient (Wildman–Crippen LogP) is 2.69. The summed E-state index contributed by atoms with van der Waals surface area (Å²) in [4.78, 5) is 14.2. The maximum Gasteiger partial charge on any atom is 0.254 e. The quantitative estimate of drug-likeness (QED) is 0.922. The summed E-state index contributed by atoms with van der Waals surface area (Å²) in [5, 5.41) is 3.12. The predicted molar refractivity (Wildman–Crippen MR) is 74.0 cm³/mol. The van der Waals surface area contributed by atoms with E-state index in [0.29, 0.717) is 11.6 Å². The first-order chi connectivity index (χ1) is 9.08. The van der Waals surface area contributed by atoms with E-state index in [9.17, 15) is 9.18 Å². The lowest BCUT2D eigenvalue weighted by molar-refractivity contribution is 0.0936. The molecule has 104 valence electrons. The van der Waals surface area contributed by atoms with Crippen molar-refractivity contribution in [2.75, 3.05) is 19.6 Å². The molecular weight excluding hydrogens is 267 g/mol. The van der Waals surface area contributed by atoms with Crippen LogP contribution in [0.3, 0.4) is 0 Å². The van der Waals surface area contributed by atoms with Crippen molar-refractivity contribution in [2.45, 2.75) is 25.8 Å². The maximum absolute atomic E-state index is 13.5. The monoisotopic (exact) mass is 284 g/mol. The highest BCUT2D eigenvalue weighted by Gasteiger charge is 2.19. The number of benzene rings is 1. The molecule has 1 aromatic carbocycles. The minimum Gasteiger partial charge on any atom is -0.350 e. The van der Waals surface area contributed by atoms with Crippen molar-refractivity contribution in [3.63, 3.8) is 0 Å². The van der Waals surface area contributed by atoms with Crippen LogP contribution in [0.2, 0.25) is 5.02 Å². The van der Waals surface area contributed by atoms with Gasteiger partial charge < -0.3 is 5.32 Å². The highest BCUT2D eigenvalue weighted by Crippen LogP contribution is 2.15. The Morgan fingerprint density at radius 3 is 2.84 bits per heavy atom. The molecule has 2 rings (SSSR count). The van der Waals surface area contributed by atoms with Gasteiger partial charge in [0.05, 0.1) is 5.56 Å². The Morgan fingerprint density at radius 2 is 2.16 bits per heavy atom. The minimum atomic E-state index is -0.546. The van der Waals surface area contributed by atoms with E-state index in [-0.39, 0.29) is 11.6 Å². The number of nitrogens with one attached hydrogen (secondary N) is 1. The van der Waals surface area contributed by atoms with Crippen molar-refractivity contribution in [1.29, 1.82) is 0 Å². The number of nitrogens with zero attached hydrogens (tertiary/aromatic N) is 1. The second-order valence-electron chi connectivity index (χ2n) is 4.93. The number of hydrogen-bond acceptors (Lipinski definition) is 2. The van der Waals surface area contributed by atoms with Gasteiger partial charge in [-0.05, 0) is 51.1 Å². The first-order valence-corrected chi connectivity index (χ1v) is 6.93. The van der Waals surface area contributed by atoms with Crippen LogP contribution in [-0.2, 0) is 0 Å². The molecule has 0 spiro atoms. The largest absolute Gasteiger partial charge is 0.350 e. The van der Waals surface area contributed by atoms with E-state index in [0.717, 1.165) is 13.1 Å². The summed E-state index contributed by atoms with van der Waals surface area (Å²) in [6, 6.07) is 4.27. The molecule has 1 fully saturated rings. The van der Waals surface area contributed by atoms with E-state index in [1.807, 2.05) is 0 Å². The summed E-state index contributed by atoms with van der Waals surface area (Å²) in [7, 11) is 0. The topological polar surface area (TPSA) is 32.3 Å². The van der Waals surface area contributed by atoms with Gasteiger partial charge in [-0.25, -0.2) is 4.39 Å². The number of carbonyl (C=O) groups excluding carboxylic acids is 1. The van der Waals surface area contributed by atoms with E-state index in [4.69, 9.17) is 11.6 Å². The van der Waals surface area contributed by atoms with E-state index in [1.54, 1.807) is 0 Å². The Balaban J connectivity index is 1.91. The van der Waals surface area contributed by atoms with Gasteiger partial charge in [0.2, 0.25) is 0 Å². The number of rotatable bonds is 4. The summed E-state index contributed by atoms with van der Waals surface area (Å²) >= 11 is 5.77. The molecule has 1 saturated heterocycles. The molecule has 1 aromatic rings. The number of amides is 1. The van der Waals surface area contributed by atoms with Gasteiger partial charge in [-0.3, -0.25) is 9.69 Å². The third kappa shape index (κ3) is 3.67. The van der Waals surface area contributed by atoms with E-state index < -0.39 is 11.7 Å². The van der Waals surface area contributed by atoms with E-state index in [2.05, 4.69) is 17.1 Å². The fourth-order valence-corrected chi connectivity index (χ4v) is 2.49. The fourth-order valence-electron chi connectivity index (χ4n) is 2.32. The van der Waals surface area contributed by atoms with Crippen LogP contribution in [0.5, 0.6) is 0 Å². The zero-order valence-corrected chi connectivity index (χ0v) is 11.7. The highest BCUT2D eigenvalue weighted by molar-refractivity contribution is 6.30. The van der Waals surface area contributed by atoms with Crippen molar-refractivity contribution in [1.82, 2.24) is 10.2 Å². The van der Waals surface area contributed by atoms with Crippen LogP contribution in [0.15, 0.2) is 18.2 Å². The van der Waals surface area contributed by atoms with E-state index in [1.165, 1.54) is 31.0 Å². The molecule has 1 atom stereocenters. The molecule has 0 aliphatic carbocycles. The summed E-state index contributed by atoms with van der Waals surface area (Å²) in [6.07, 6.45) is 2.42. The van der Waals surface area contributed by atoms with Gasteiger partial charge >= 0.3 is 0 Å². The lowest BCUT2D eigenvalue weighted by Crippen LogP contribution is -2.40.